The van der Waals surface area contributed by atoms with Crippen molar-refractivity contribution in [3.05, 3.63) is 11.6 Å². The third-order valence-electron chi connectivity index (χ3n) is 2.58. The van der Waals surface area contributed by atoms with Crippen LogP contribution in [0.5, 0.6) is 0 Å². The molecule has 0 bridgehead atoms. The number of hydrogen-bond acceptors (Lipinski definition) is 4. The minimum Gasteiger partial charge on any atom is -0.354 e. The molecule has 1 aromatic heterocycles. The van der Waals surface area contributed by atoms with Crippen LogP contribution in [0, 0.1) is 5.92 Å². The number of nitrogens with one attached hydrogen (secondary N) is 1. The van der Waals surface area contributed by atoms with Crippen LogP contribution in [-0.2, 0) is 9.59 Å². The second-order valence-electron chi connectivity index (χ2n) is 4.38. The van der Waals surface area contributed by atoms with Gasteiger partial charge in [-0.15, -0.1) is 11.3 Å². The second kappa shape index (κ2) is 4.83. The van der Waals surface area contributed by atoms with Crippen molar-refractivity contribution in [2.24, 2.45) is 5.92 Å². The van der Waals surface area contributed by atoms with Crippen molar-refractivity contribution in [3.63, 3.8) is 0 Å². The van der Waals surface area contributed by atoms with Crippen LogP contribution in [0.3, 0.4) is 0 Å². The van der Waals surface area contributed by atoms with Gasteiger partial charge in [0, 0.05) is 30.6 Å². The maximum Gasteiger partial charge on any atom is 0.229 e. The normalized spacial score (nSPS) is 20.1. The Labute approximate surface area is 104 Å². The number of hydrogen-bond donors (Lipinski definition) is 1. The summed E-state index contributed by atoms with van der Waals surface area (Å²) in [5.74, 6) is -0.329. The summed E-state index contributed by atoms with van der Waals surface area (Å²) < 4.78 is 0. The van der Waals surface area contributed by atoms with Gasteiger partial charge in [0.05, 0.1) is 5.92 Å². The van der Waals surface area contributed by atoms with Crippen LogP contribution in [0.15, 0.2) is 11.6 Å². The molecule has 6 heteroatoms. The standard InChI is InChI=1S/C11H15N3O2S/c1-7(2)13-10(16)8-5-9(15)14(6-8)11-12-3-4-17-11/h3-4,7-8H,5-6H2,1-2H3,(H,13,16). The first-order valence-corrected chi connectivity index (χ1v) is 6.46. The minimum absolute atomic E-state index is 0.0242. The minimum atomic E-state index is -0.256. The van der Waals surface area contributed by atoms with E-state index in [0.717, 1.165) is 0 Å². The average Bonchev–Trinajstić information content (AvgIpc) is 2.84. The summed E-state index contributed by atoms with van der Waals surface area (Å²) in [7, 11) is 0. The van der Waals surface area contributed by atoms with Crippen LogP contribution >= 0.6 is 11.3 Å². The topological polar surface area (TPSA) is 62.3 Å². The Morgan fingerprint density at radius 2 is 2.41 bits per heavy atom. The first kappa shape index (κ1) is 12.0. The molecule has 2 heterocycles. The summed E-state index contributed by atoms with van der Waals surface area (Å²) in [6.07, 6.45) is 1.94. The zero-order chi connectivity index (χ0) is 12.4. The fourth-order valence-corrected chi connectivity index (χ4v) is 2.49. The van der Waals surface area contributed by atoms with Crippen LogP contribution in [-0.4, -0.2) is 29.4 Å². The Morgan fingerprint density at radius 1 is 1.65 bits per heavy atom. The van der Waals surface area contributed by atoms with Crippen LogP contribution in [0.2, 0.25) is 0 Å². The van der Waals surface area contributed by atoms with Crippen LogP contribution < -0.4 is 10.2 Å². The zero-order valence-corrected chi connectivity index (χ0v) is 10.7. The molecule has 0 aliphatic carbocycles. The Kier molecular flexibility index (Phi) is 3.42. The van der Waals surface area contributed by atoms with Crippen molar-refractivity contribution in [1.29, 1.82) is 0 Å². The SMILES string of the molecule is CC(C)NC(=O)C1CC(=O)N(c2nccs2)C1. The van der Waals surface area contributed by atoms with Gasteiger partial charge in [-0.3, -0.25) is 14.5 Å². The molecule has 0 saturated carbocycles. The molecule has 17 heavy (non-hydrogen) atoms. The highest BCUT2D eigenvalue weighted by molar-refractivity contribution is 7.13. The van der Waals surface area contributed by atoms with Crippen molar-refractivity contribution in [2.75, 3.05) is 11.4 Å². The Balaban J connectivity index is 2.02. The number of carbonyl (C=O) groups excluding carboxylic acids is 2. The maximum absolute atomic E-state index is 11.8. The molecule has 5 nitrogen and oxygen atoms in total. The van der Waals surface area contributed by atoms with Crippen molar-refractivity contribution in [2.45, 2.75) is 26.3 Å². The highest BCUT2D eigenvalue weighted by Crippen LogP contribution is 2.26. The molecule has 0 radical (unpaired) electrons. The molecule has 1 saturated heterocycles. The van der Waals surface area contributed by atoms with E-state index in [9.17, 15) is 9.59 Å². The molecule has 2 amide bonds. The van der Waals surface area contributed by atoms with Gasteiger partial charge in [-0.05, 0) is 13.8 Å². The summed E-state index contributed by atoms with van der Waals surface area (Å²) in [5.41, 5.74) is 0. The summed E-state index contributed by atoms with van der Waals surface area (Å²) in [5, 5.41) is 5.34. The number of anilines is 1. The molecule has 1 N–H and O–H groups in total. The fraction of sp³-hybridized carbons (Fsp3) is 0.545. The van der Waals surface area contributed by atoms with Gasteiger partial charge in [-0.2, -0.15) is 0 Å². The number of aromatic nitrogens is 1. The van der Waals surface area contributed by atoms with Gasteiger partial charge >= 0.3 is 0 Å². The van der Waals surface area contributed by atoms with Gasteiger partial charge in [-0.1, -0.05) is 0 Å². The number of thiazole rings is 1. The molecule has 2 rings (SSSR count). The average molecular weight is 253 g/mol. The largest absolute Gasteiger partial charge is 0.354 e. The van der Waals surface area contributed by atoms with E-state index in [-0.39, 0.29) is 30.2 Å². The van der Waals surface area contributed by atoms with Gasteiger partial charge in [0.2, 0.25) is 11.8 Å². The van der Waals surface area contributed by atoms with Crippen LogP contribution in [0.4, 0.5) is 5.13 Å². The van der Waals surface area contributed by atoms with Gasteiger partial charge in [0.1, 0.15) is 0 Å². The van der Waals surface area contributed by atoms with Gasteiger partial charge in [0.15, 0.2) is 5.13 Å². The monoisotopic (exact) mass is 253 g/mol. The zero-order valence-electron chi connectivity index (χ0n) is 9.84. The number of amides is 2. The van der Waals surface area contributed by atoms with E-state index < -0.39 is 0 Å². The first-order chi connectivity index (χ1) is 8.08. The number of carbonyl (C=O) groups is 2. The van der Waals surface area contributed by atoms with E-state index in [1.54, 1.807) is 11.1 Å². The lowest BCUT2D eigenvalue weighted by Crippen LogP contribution is -2.36. The van der Waals surface area contributed by atoms with E-state index in [0.29, 0.717) is 11.7 Å². The molecule has 1 fully saturated rings. The first-order valence-electron chi connectivity index (χ1n) is 5.58. The van der Waals surface area contributed by atoms with Gasteiger partial charge in [0.25, 0.3) is 0 Å². The van der Waals surface area contributed by atoms with Crippen LogP contribution in [0.1, 0.15) is 20.3 Å². The Morgan fingerprint density at radius 3 is 3.00 bits per heavy atom. The molecule has 1 unspecified atom stereocenters. The van der Waals surface area contributed by atoms with Gasteiger partial charge < -0.3 is 5.32 Å². The molecular weight excluding hydrogens is 238 g/mol. The smallest absolute Gasteiger partial charge is 0.229 e. The maximum atomic E-state index is 11.8. The van der Waals surface area contributed by atoms with E-state index in [2.05, 4.69) is 10.3 Å². The number of rotatable bonds is 3. The fourth-order valence-electron chi connectivity index (χ4n) is 1.82. The van der Waals surface area contributed by atoms with Crippen molar-refractivity contribution in [1.82, 2.24) is 10.3 Å². The molecule has 1 aromatic rings. The molecule has 1 aliphatic heterocycles. The Bertz CT molecular complexity index is 416. The molecule has 1 atom stereocenters. The number of nitrogens with zero attached hydrogens (tertiary/aromatic N) is 2. The molecule has 92 valence electrons. The van der Waals surface area contributed by atoms with Crippen LogP contribution in [0.25, 0.3) is 0 Å². The van der Waals surface area contributed by atoms with E-state index in [1.807, 2.05) is 19.2 Å². The lowest BCUT2D eigenvalue weighted by molar-refractivity contribution is -0.126. The summed E-state index contributed by atoms with van der Waals surface area (Å²) in [6.45, 7) is 4.26. The quantitative estimate of drug-likeness (QED) is 0.875. The highest BCUT2D eigenvalue weighted by atomic mass is 32.1. The molecule has 0 aromatic carbocycles. The molecule has 0 spiro atoms. The van der Waals surface area contributed by atoms with E-state index >= 15 is 0 Å². The molecule has 1 aliphatic rings. The van der Waals surface area contributed by atoms with Crippen molar-refractivity contribution < 1.29 is 9.59 Å². The predicted octanol–water partition coefficient (Wildman–Crippen LogP) is 1.02. The lowest BCUT2D eigenvalue weighted by atomic mass is 10.1. The van der Waals surface area contributed by atoms with E-state index in [1.165, 1.54) is 11.3 Å². The van der Waals surface area contributed by atoms with Crippen molar-refractivity contribution >= 4 is 28.3 Å². The highest BCUT2D eigenvalue weighted by Gasteiger charge is 2.36. The predicted molar refractivity (Wildman–Crippen MR) is 65.9 cm³/mol. The third-order valence-corrected chi connectivity index (χ3v) is 3.37. The lowest BCUT2D eigenvalue weighted by Gasteiger charge is -2.14. The van der Waals surface area contributed by atoms with E-state index in [4.69, 9.17) is 0 Å². The second-order valence-corrected chi connectivity index (χ2v) is 5.26. The summed E-state index contributed by atoms with van der Waals surface area (Å²) >= 11 is 1.41. The van der Waals surface area contributed by atoms with Gasteiger partial charge in [-0.25, -0.2) is 4.98 Å². The third kappa shape index (κ3) is 2.63. The van der Waals surface area contributed by atoms with Crippen molar-refractivity contribution in [3.8, 4) is 0 Å². The molecular formula is C11H15N3O2S. The Hall–Kier alpha value is -1.43. The summed E-state index contributed by atoms with van der Waals surface area (Å²) in [4.78, 5) is 29.3. The summed E-state index contributed by atoms with van der Waals surface area (Å²) in [6, 6.07) is 0.103.